The monoisotopic (exact) mass is 384 g/mol. The van der Waals surface area contributed by atoms with Gasteiger partial charge in [-0.1, -0.05) is 24.3 Å². The van der Waals surface area contributed by atoms with E-state index in [1.807, 2.05) is 0 Å². The SMILES string of the molecule is Cc1cccc(N2CCN(C(=O)COC(=O)Cc3ccc(F)cc3)CC2)c1C. The molecule has 1 fully saturated rings. The fourth-order valence-electron chi connectivity index (χ4n) is 3.33. The van der Waals surface area contributed by atoms with Crippen LogP contribution in [0.15, 0.2) is 42.5 Å². The molecule has 1 saturated heterocycles. The lowest BCUT2D eigenvalue weighted by atomic mass is 10.1. The molecule has 0 spiro atoms. The molecule has 1 aliphatic rings. The van der Waals surface area contributed by atoms with E-state index in [0.29, 0.717) is 18.7 Å². The smallest absolute Gasteiger partial charge is 0.310 e. The first-order valence-electron chi connectivity index (χ1n) is 9.43. The maximum absolute atomic E-state index is 12.9. The number of benzene rings is 2. The zero-order valence-electron chi connectivity index (χ0n) is 16.3. The summed E-state index contributed by atoms with van der Waals surface area (Å²) >= 11 is 0. The number of aryl methyl sites for hydroxylation is 1. The van der Waals surface area contributed by atoms with Crippen molar-refractivity contribution in [3.8, 4) is 0 Å². The van der Waals surface area contributed by atoms with Crippen molar-refractivity contribution >= 4 is 17.6 Å². The number of halogens is 1. The Labute approximate surface area is 164 Å². The first-order valence-corrected chi connectivity index (χ1v) is 9.43. The lowest BCUT2D eigenvalue weighted by Gasteiger charge is -2.37. The molecule has 0 atom stereocenters. The fourth-order valence-corrected chi connectivity index (χ4v) is 3.33. The molecule has 0 aliphatic carbocycles. The summed E-state index contributed by atoms with van der Waals surface area (Å²) in [4.78, 5) is 28.3. The van der Waals surface area contributed by atoms with Crippen molar-refractivity contribution in [2.45, 2.75) is 20.3 Å². The van der Waals surface area contributed by atoms with E-state index < -0.39 is 5.97 Å². The van der Waals surface area contributed by atoms with Crippen LogP contribution in [-0.4, -0.2) is 49.6 Å². The van der Waals surface area contributed by atoms with Crippen LogP contribution in [0.25, 0.3) is 0 Å². The standard InChI is InChI=1S/C22H25FN2O3/c1-16-4-3-5-20(17(16)2)24-10-12-25(13-11-24)21(26)15-28-22(27)14-18-6-8-19(23)9-7-18/h3-9H,10-15H2,1-2H3. The second-order valence-corrected chi connectivity index (χ2v) is 7.05. The second-order valence-electron chi connectivity index (χ2n) is 7.05. The Balaban J connectivity index is 1.45. The van der Waals surface area contributed by atoms with Gasteiger partial charge in [-0.05, 0) is 48.7 Å². The lowest BCUT2D eigenvalue weighted by Crippen LogP contribution is -2.50. The van der Waals surface area contributed by atoms with Gasteiger partial charge in [0.05, 0.1) is 6.42 Å². The molecule has 0 unspecified atom stereocenters. The summed E-state index contributed by atoms with van der Waals surface area (Å²) in [5.74, 6) is -1.03. The van der Waals surface area contributed by atoms with Gasteiger partial charge < -0.3 is 14.5 Å². The van der Waals surface area contributed by atoms with Gasteiger partial charge in [-0.15, -0.1) is 0 Å². The number of piperazine rings is 1. The van der Waals surface area contributed by atoms with Crippen molar-refractivity contribution in [1.29, 1.82) is 0 Å². The van der Waals surface area contributed by atoms with Crippen LogP contribution in [-0.2, 0) is 20.7 Å². The van der Waals surface area contributed by atoms with Crippen LogP contribution >= 0.6 is 0 Å². The van der Waals surface area contributed by atoms with E-state index in [1.54, 1.807) is 4.90 Å². The molecule has 148 valence electrons. The normalized spacial score (nSPS) is 14.1. The van der Waals surface area contributed by atoms with Gasteiger partial charge in [-0.25, -0.2) is 4.39 Å². The number of carbonyl (C=O) groups is 2. The minimum Gasteiger partial charge on any atom is -0.455 e. The highest BCUT2D eigenvalue weighted by Crippen LogP contribution is 2.23. The zero-order chi connectivity index (χ0) is 20.1. The minimum atomic E-state index is -0.492. The van der Waals surface area contributed by atoms with Crippen LogP contribution in [0.2, 0.25) is 0 Å². The van der Waals surface area contributed by atoms with E-state index in [4.69, 9.17) is 4.74 Å². The van der Waals surface area contributed by atoms with E-state index in [-0.39, 0.29) is 24.8 Å². The number of anilines is 1. The summed E-state index contributed by atoms with van der Waals surface area (Å²) in [5, 5.41) is 0. The molecule has 1 amide bonds. The van der Waals surface area contributed by atoms with Gasteiger partial charge >= 0.3 is 5.97 Å². The molecule has 0 bridgehead atoms. The maximum Gasteiger partial charge on any atom is 0.310 e. The first kappa shape index (κ1) is 19.9. The summed E-state index contributed by atoms with van der Waals surface area (Å²) in [6, 6.07) is 11.9. The molecule has 0 aromatic heterocycles. The maximum atomic E-state index is 12.9. The Hall–Kier alpha value is -2.89. The summed E-state index contributed by atoms with van der Waals surface area (Å²) in [6.07, 6.45) is 0.0218. The molecule has 2 aromatic carbocycles. The van der Waals surface area contributed by atoms with Gasteiger partial charge in [0.25, 0.3) is 5.91 Å². The third-order valence-electron chi connectivity index (χ3n) is 5.17. The van der Waals surface area contributed by atoms with Crippen LogP contribution in [0, 0.1) is 19.7 Å². The lowest BCUT2D eigenvalue weighted by molar-refractivity contribution is -0.151. The molecule has 0 radical (unpaired) electrons. The van der Waals surface area contributed by atoms with Crippen molar-refractivity contribution < 1.29 is 18.7 Å². The number of carbonyl (C=O) groups excluding carboxylic acids is 2. The first-order chi connectivity index (χ1) is 13.4. The molecule has 5 nitrogen and oxygen atoms in total. The van der Waals surface area contributed by atoms with Crippen LogP contribution in [0.5, 0.6) is 0 Å². The van der Waals surface area contributed by atoms with E-state index in [1.165, 1.54) is 41.1 Å². The number of esters is 1. The Morgan fingerprint density at radius 1 is 1.00 bits per heavy atom. The minimum absolute atomic E-state index is 0.0218. The number of rotatable bonds is 5. The number of amides is 1. The van der Waals surface area contributed by atoms with Crippen LogP contribution < -0.4 is 4.90 Å². The molecule has 1 aliphatic heterocycles. The fraction of sp³-hybridized carbons (Fsp3) is 0.364. The molecule has 2 aromatic rings. The van der Waals surface area contributed by atoms with Crippen molar-refractivity contribution in [3.63, 3.8) is 0 Å². The Morgan fingerprint density at radius 3 is 2.36 bits per heavy atom. The molecule has 0 saturated carbocycles. The van der Waals surface area contributed by atoms with E-state index in [9.17, 15) is 14.0 Å². The van der Waals surface area contributed by atoms with E-state index in [0.717, 1.165) is 13.1 Å². The molecular weight excluding hydrogens is 359 g/mol. The highest BCUT2D eigenvalue weighted by molar-refractivity contribution is 5.81. The predicted molar refractivity (Wildman–Crippen MR) is 106 cm³/mol. The largest absolute Gasteiger partial charge is 0.455 e. The average Bonchev–Trinajstić information content (AvgIpc) is 2.70. The van der Waals surface area contributed by atoms with Gasteiger partial charge in [0.2, 0.25) is 0 Å². The second kappa shape index (κ2) is 8.87. The molecule has 6 heteroatoms. The highest BCUT2D eigenvalue weighted by atomic mass is 19.1. The highest BCUT2D eigenvalue weighted by Gasteiger charge is 2.23. The predicted octanol–water partition coefficient (Wildman–Crippen LogP) is 2.88. The van der Waals surface area contributed by atoms with Crippen molar-refractivity contribution in [1.82, 2.24) is 4.90 Å². The molecule has 0 N–H and O–H groups in total. The van der Waals surface area contributed by atoms with Gasteiger partial charge in [0.1, 0.15) is 5.82 Å². The number of nitrogens with zero attached hydrogens (tertiary/aromatic N) is 2. The van der Waals surface area contributed by atoms with Crippen LogP contribution in [0.1, 0.15) is 16.7 Å². The summed E-state index contributed by atoms with van der Waals surface area (Å²) in [5.41, 5.74) is 4.37. The number of hydrogen-bond donors (Lipinski definition) is 0. The molecule has 28 heavy (non-hydrogen) atoms. The Kier molecular flexibility index (Phi) is 6.29. The average molecular weight is 384 g/mol. The Bertz CT molecular complexity index is 843. The Morgan fingerprint density at radius 2 is 1.68 bits per heavy atom. The molecule has 3 rings (SSSR count). The van der Waals surface area contributed by atoms with Crippen molar-refractivity contribution in [2.75, 3.05) is 37.7 Å². The van der Waals surface area contributed by atoms with Gasteiger partial charge in [0, 0.05) is 31.9 Å². The number of ether oxygens (including phenoxy) is 1. The zero-order valence-corrected chi connectivity index (χ0v) is 16.3. The number of hydrogen-bond acceptors (Lipinski definition) is 4. The van der Waals surface area contributed by atoms with Gasteiger partial charge in [-0.3, -0.25) is 9.59 Å². The molecular formula is C22H25FN2O3. The molecule has 1 heterocycles. The third-order valence-corrected chi connectivity index (χ3v) is 5.17. The quantitative estimate of drug-likeness (QED) is 0.744. The summed E-state index contributed by atoms with van der Waals surface area (Å²) in [6.45, 7) is 6.65. The van der Waals surface area contributed by atoms with E-state index >= 15 is 0 Å². The summed E-state index contributed by atoms with van der Waals surface area (Å²) in [7, 11) is 0. The topological polar surface area (TPSA) is 49.9 Å². The van der Waals surface area contributed by atoms with Gasteiger partial charge in [-0.2, -0.15) is 0 Å². The van der Waals surface area contributed by atoms with Crippen molar-refractivity contribution in [2.24, 2.45) is 0 Å². The van der Waals surface area contributed by atoms with E-state index in [2.05, 4.69) is 36.9 Å². The van der Waals surface area contributed by atoms with Crippen molar-refractivity contribution in [3.05, 3.63) is 65.0 Å². The summed E-state index contributed by atoms with van der Waals surface area (Å²) < 4.78 is 18.0. The van der Waals surface area contributed by atoms with Gasteiger partial charge in [0.15, 0.2) is 6.61 Å². The van der Waals surface area contributed by atoms with Crippen LogP contribution in [0.3, 0.4) is 0 Å². The third kappa shape index (κ3) is 4.88. The van der Waals surface area contributed by atoms with Crippen LogP contribution in [0.4, 0.5) is 10.1 Å².